The fraction of sp³-hybridized carbons (Fsp3) is 0.333. The Hall–Kier alpha value is -1.93. The van der Waals surface area contributed by atoms with Gasteiger partial charge in [-0.25, -0.2) is 13.2 Å². The third kappa shape index (κ3) is 4.32. The van der Waals surface area contributed by atoms with Crippen LogP contribution in [-0.2, 0) is 20.6 Å². The van der Waals surface area contributed by atoms with E-state index in [1.807, 2.05) is 0 Å². The molecule has 0 aromatic heterocycles. The average molecular weight is 300 g/mol. The summed E-state index contributed by atoms with van der Waals surface area (Å²) in [5.41, 5.74) is 0.545. The van der Waals surface area contributed by atoms with Gasteiger partial charge in [0.05, 0.1) is 17.9 Å². The zero-order valence-electron chi connectivity index (χ0n) is 11.2. The van der Waals surface area contributed by atoms with E-state index < -0.39 is 21.9 Å². The van der Waals surface area contributed by atoms with E-state index in [0.717, 1.165) is 4.31 Å². The quantitative estimate of drug-likeness (QED) is 0.763. The van der Waals surface area contributed by atoms with Gasteiger partial charge in [0.1, 0.15) is 0 Å². The fourth-order valence-corrected chi connectivity index (χ4v) is 2.59. The van der Waals surface area contributed by atoms with Gasteiger partial charge >= 0.3 is 5.97 Å². The molecule has 1 aromatic rings. The van der Waals surface area contributed by atoms with Crippen LogP contribution in [0.25, 0.3) is 0 Å². The van der Waals surface area contributed by atoms with E-state index in [4.69, 9.17) is 5.11 Å². The Morgan fingerprint density at radius 3 is 2.25 bits per heavy atom. The van der Waals surface area contributed by atoms with Crippen molar-refractivity contribution in [2.75, 3.05) is 20.6 Å². The lowest BCUT2D eigenvalue weighted by atomic mass is 10.1. The number of carbonyl (C=O) groups is 2. The summed E-state index contributed by atoms with van der Waals surface area (Å²) in [6.07, 6.45) is 0. The second-order valence-electron chi connectivity index (χ2n) is 4.19. The third-order valence-electron chi connectivity index (χ3n) is 2.67. The lowest BCUT2D eigenvalue weighted by Gasteiger charge is -2.16. The van der Waals surface area contributed by atoms with Crippen LogP contribution < -0.4 is 5.32 Å². The van der Waals surface area contributed by atoms with Crippen molar-refractivity contribution in [2.45, 2.75) is 5.75 Å². The first-order chi connectivity index (χ1) is 9.26. The molecule has 1 rings (SSSR count). The Morgan fingerprint density at radius 2 is 1.80 bits per heavy atom. The number of benzene rings is 1. The van der Waals surface area contributed by atoms with E-state index in [0.29, 0.717) is 5.56 Å². The highest BCUT2D eigenvalue weighted by atomic mass is 32.2. The summed E-state index contributed by atoms with van der Waals surface area (Å²) in [6, 6.07) is 5.56. The van der Waals surface area contributed by atoms with Crippen LogP contribution >= 0.6 is 0 Å². The summed E-state index contributed by atoms with van der Waals surface area (Å²) in [4.78, 5) is 21.8. The van der Waals surface area contributed by atoms with Crippen LogP contribution in [0.4, 0.5) is 0 Å². The molecule has 0 saturated heterocycles. The first-order valence-corrected chi connectivity index (χ1v) is 7.34. The maximum Gasteiger partial charge on any atom is 0.335 e. The molecule has 0 atom stereocenters. The molecule has 2 N–H and O–H groups in total. The minimum atomic E-state index is -3.63. The van der Waals surface area contributed by atoms with E-state index >= 15 is 0 Å². The summed E-state index contributed by atoms with van der Waals surface area (Å²) in [7, 11) is -0.887. The fourth-order valence-electron chi connectivity index (χ4n) is 1.44. The number of hydrogen-bond acceptors (Lipinski definition) is 4. The number of likely N-dealkylation sites (N-methyl/N-ethyl adjacent to an activating group) is 2. The molecule has 7 nitrogen and oxygen atoms in total. The van der Waals surface area contributed by atoms with Gasteiger partial charge in [-0.3, -0.25) is 4.79 Å². The van der Waals surface area contributed by atoms with Gasteiger partial charge in [-0.05, 0) is 17.7 Å². The third-order valence-corrected chi connectivity index (χ3v) is 4.45. The van der Waals surface area contributed by atoms with Crippen molar-refractivity contribution >= 4 is 21.9 Å². The molecule has 0 heterocycles. The lowest BCUT2D eigenvalue weighted by Crippen LogP contribution is -2.37. The van der Waals surface area contributed by atoms with Crippen molar-refractivity contribution in [1.29, 1.82) is 0 Å². The van der Waals surface area contributed by atoms with E-state index in [-0.39, 0.29) is 17.9 Å². The molecular weight excluding hydrogens is 284 g/mol. The number of aromatic carboxylic acids is 1. The second kappa shape index (κ2) is 6.49. The van der Waals surface area contributed by atoms with Crippen molar-refractivity contribution in [3.8, 4) is 0 Å². The number of nitrogens with zero attached hydrogens (tertiary/aromatic N) is 1. The molecule has 20 heavy (non-hydrogen) atoms. The minimum absolute atomic E-state index is 0.0878. The summed E-state index contributed by atoms with van der Waals surface area (Å²) >= 11 is 0. The van der Waals surface area contributed by atoms with Crippen LogP contribution in [-0.4, -0.2) is 50.3 Å². The molecule has 0 aliphatic heterocycles. The van der Waals surface area contributed by atoms with Gasteiger partial charge in [-0.1, -0.05) is 12.1 Å². The van der Waals surface area contributed by atoms with Crippen LogP contribution in [0.2, 0.25) is 0 Å². The topological polar surface area (TPSA) is 104 Å². The van der Waals surface area contributed by atoms with Gasteiger partial charge in [0.15, 0.2) is 0 Å². The molecule has 0 aliphatic carbocycles. The zero-order valence-corrected chi connectivity index (χ0v) is 12.0. The van der Waals surface area contributed by atoms with Crippen molar-refractivity contribution < 1.29 is 23.1 Å². The van der Waals surface area contributed by atoms with Gasteiger partial charge in [0.2, 0.25) is 15.9 Å². The molecule has 0 saturated carbocycles. The van der Waals surface area contributed by atoms with E-state index in [9.17, 15) is 18.0 Å². The van der Waals surface area contributed by atoms with Gasteiger partial charge in [0.25, 0.3) is 0 Å². The molecular formula is C12H16N2O5S. The Morgan fingerprint density at radius 1 is 1.25 bits per heavy atom. The standard InChI is InChI=1S/C12H16N2O5S/c1-13-11(15)7-14(2)20(18,19)8-9-3-5-10(6-4-9)12(16)17/h3-6H,7-8H2,1-2H3,(H,13,15)(H,16,17). The predicted octanol–water partition coefficient (Wildman–Crippen LogP) is -0.108. The lowest BCUT2D eigenvalue weighted by molar-refractivity contribution is -0.120. The van der Waals surface area contributed by atoms with Gasteiger partial charge in [0, 0.05) is 14.1 Å². The summed E-state index contributed by atoms with van der Waals surface area (Å²) in [6.45, 7) is -0.258. The molecule has 8 heteroatoms. The molecule has 0 spiro atoms. The number of hydrogen-bond donors (Lipinski definition) is 2. The van der Waals surface area contributed by atoms with Crippen LogP contribution in [0.1, 0.15) is 15.9 Å². The van der Waals surface area contributed by atoms with Gasteiger partial charge in [-0.2, -0.15) is 4.31 Å². The molecule has 0 unspecified atom stereocenters. The number of amides is 1. The van der Waals surface area contributed by atoms with Crippen molar-refractivity contribution in [3.63, 3.8) is 0 Å². The number of carboxylic acid groups (broad SMARTS) is 1. The molecule has 1 amide bonds. The molecule has 0 radical (unpaired) electrons. The largest absolute Gasteiger partial charge is 0.478 e. The highest BCUT2D eigenvalue weighted by molar-refractivity contribution is 7.88. The maximum atomic E-state index is 12.0. The monoisotopic (exact) mass is 300 g/mol. The molecule has 110 valence electrons. The number of rotatable bonds is 6. The smallest absolute Gasteiger partial charge is 0.335 e. The Labute approximate surface area is 117 Å². The van der Waals surface area contributed by atoms with E-state index in [1.165, 1.54) is 38.4 Å². The number of carboxylic acids is 1. The van der Waals surface area contributed by atoms with E-state index in [1.54, 1.807) is 0 Å². The summed E-state index contributed by atoms with van der Waals surface area (Å²) < 4.78 is 25.0. The first-order valence-electron chi connectivity index (χ1n) is 5.73. The van der Waals surface area contributed by atoms with Crippen molar-refractivity contribution in [1.82, 2.24) is 9.62 Å². The maximum absolute atomic E-state index is 12.0. The predicted molar refractivity (Wildman–Crippen MR) is 72.7 cm³/mol. The van der Waals surface area contributed by atoms with Crippen LogP contribution in [0.5, 0.6) is 0 Å². The summed E-state index contributed by atoms with van der Waals surface area (Å²) in [5, 5.41) is 11.1. The van der Waals surface area contributed by atoms with Gasteiger partial charge in [-0.15, -0.1) is 0 Å². The highest BCUT2D eigenvalue weighted by Gasteiger charge is 2.20. The highest BCUT2D eigenvalue weighted by Crippen LogP contribution is 2.11. The second-order valence-corrected chi connectivity index (χ2v) is 6.26. The normalized spacial score (nSPS) is 11.3. The van der Waals surface area contributed by atoms with Crippen LogP contribution in [0.15, 0.2) is 24.3 Å². The Balaban J connectivity index is 2.80. The first kappa shape index (κ1) is 16.1. The minimum Gasteiger partial charge on any atom is -0.478 e. The van der Waals surface area contributed by atoms with Gasteiger partial charge < -0.3 is 10.4 Å². The molecule has 0 fully saturated rings. The summed E-state index contributed by atoms with van der Waals surface area (Å²) in [5.74, 6) is -1.77. The zero-order chi connectivity index (χ0) is 15.3. The van der Waals surface area contributed by atoms with Crippen molar-refractivity contribution in [2.24, 2.45) is 0 Å². The Kier molecular flexibility index (Phi) is 5.23. The van der Waals surface area contributed by atoms with Crippen LogP contribution in [0.3, 0.4) is 0 Å². The Bertz CT molecular complexity index is 595. The number of nitrogens with one attached hydrogen (secondary N) is 1. The SMILES string of the molecule is CNC(=O)CN(C)S(=O)(=O)Cc1ccc(C(=O)O)cc1. The molecule has 0 bridgehead atoms. The molecule has 0 aliphatic rings. The van der Waals surface area contributed by atoms with Crippen molar-refractivity contribution in [3.05, 3.63) is 35.4 Å². The number of carbonyl (C=O) groups excluding carboxylic acids is 1. The van der Waals surface area contributed by atoms with Crippen LogP contribution in [0, 0.1) is 0 Å². The number of sulfonamides is 1. The average Bonchev–Trinajstić information content (AvgIpc) is 2.38. The van der Waals surface area contributed by atoms with E-state index in [2.05, 4.69) is 5.32 Å². The molecule has 1 aromatic carbocycles.